The zero-order chi connectivity index (χ0) is 16.3. The Balaban J connectivity index is 1.88. The Morgan fingerprint density at radius 2 is 2.18 bits per heavy atom. The quantitative estimate of drug-likeness (QED) is 0.846. The van der Waals surface area contributed by atoms with E-state index in [1.807, 2.05) is 14.0 Å². The van der Waals surface area contributed by atoms with Gasteiger partial charge in [0.05, 0.1) is 11.9 Å². The minimum Gasteiger partial charge on any atom is -0.299 e. The highest BCUT2D eigenvalue weighted by molar-refractivity contribution is 7.88. The summed E-state index contributed by atoms with van der Waals surface area (Å²) in [6.07, 6.45) is 4.37. The summed E-state index contributed by atoms with van der Waals surface area (Å²) in [6, 6.07) is 0. The van der Waals surface area contributed by atoms with Crippen LogP contribution in [0.3, 0.4) is 0 Å². The molecule has 1 aromatic rings. The number of rotatable bonds is 6. The fraction of sp³-hybridized carbons (Fsp3) is 0.786. The number of hydrogen-bond donors (Lipinski definition) is 1. The van der Waals surface area contributed by atoms with Gasteiger partial charge in [-0.15, -0.1) is 0 Å². The van der Waals surface area contributed by atoms with Crippen LogP contribution in [0.5, 0.6) is 0 Å². The molecule has 0 radical (unpaired) electrons. The van der Waals surface area contributed by atoms with E-state index in [9.17, 15) is 8.42 Å². The number of likely N-dealkylation sites (tertiary alicyclic amines) is 1. The molecule has 0 saturated carbocycles. The zero-order valence-electron chi connectivity index (χ0n) is 13.5. The van der Waals surface area contributed by atoms with Crippen molar-refractivity contribution in [2.24, 2.45) is 13.0 Å². The molecule has 1 unspecified atom stereocenters. The molecule has 1 aromatic heterocycles. The van der Waals surface area contributed by atoms with Gasteiger partial charge in [-0.1, -0.05) is 11.6 Å². The van der Waals surface area contributed by atoms with Gasteiger partial charge in [-0.25, -0.2) is 13.1 Å². The second-order valence-electron chi connectivity index (χ2n) is 6.18. The Bertz CT molecular complexity index is 615. The molecule has 8 heteroatoms. The first kappa shape index (κ1) is 17.7. The number of sulfonamides is 1. The molecular weight excluding hydrogens is 324 g/mol. The number of halogens is 1. The van der Waals surface area contributed by atoms with Crippen LogP contribution < -0.4 is 4.72 Å². The van der Waals surface area contributed by atoms with Gasteiger partial charge in [-0.2, -0.15) is 5.10 Å². The van der Waals surface area contributed by atoms with Gasteiger partial charge in [0.2, 0.25) is 10.0 Å². The number of aromatic nitrogens is 2. The first-order chi connectivity index (χ1) is 10.3. The summed E-state index contributed by atoms with van der Waals surface area (Å²) in [6.45, 7) is 5.36. The number of hydrogen-bond acceptors (Lipinski definition) is 4. The fourth-order valence-electron chi connectivity index (χ4n) is 3.06. The molecule has 0 aromatic carbocycles. The largest absolute Gasteiger partial charge is 0.299 e. The zero-order valence-corrected chi connectivity index (χ0v) is 15.0. The summed E-state index contributed by atoms with van der Waals surface area (Å²) in [5, 5.41) is 5.06. The lowest BCUT2D eigenvalue weighted by Crippen LogP contribution is -2.36. The molecule has 1 atom stereocenters. The monoisotopic (exact) mass is 348 g/mol. The summed E-state index contributed by atoms with van der Waals surface area (Å²) < 4.78 is 26.5. The molecule has 2 heterocycles. The Hall–Kier alpha value is -0.630. The minimum atomic E-state index is -3.09. The third-order valence-corrected chi connectivity index (χ3v) is 5.37. The highest BCUT2D eigenvalue weighted by Crippen LogP contribution is 2.25. The molecule has 6 nitrogen and oxygen atoms in total. The van der Waals surface area contributed by atoms with Gasteiger partial charge < -0.3 is 0 Å². The van der Waals surface area contributed by atoms with Crippen LogP contribution >= 0.6 is 11.6 Å². The van der Waals surface area contributed by atoms with Crippen LogP contribution in [-0.2, 0) is 23.6 Å². The predicted octanol–water partition coefficient (Wildman–Crippen LogP) is 1.53. The van der Waals surface area contributed by atoms with Crippen molar-refractivity contribution in [1.29, 1.82) is 0 Å². The van der Waals surface area contributed by atoms with E-state index in [1.165, 1.54) is 6.26 Å². The summed E-state index contributed by atoms with van der Waals surface area (Å²) >= 11 is 6.30. The first-order valence-electron chi connectivity index (χ1n) is 7.61. The Labute approximate surface area is 137 Å². The lowest BCUT2D eigenvalue weighted by atomic mass is 9.94. The van der Waals surface area contributed by atoms with Crippen molar-refractivity contribution in [3.8, 4) is 0 Å². The molecule has 1 aliphatic rings. The molecule has 1 saturated heterocycles. The lowest BCUT2D eigenvalue weighted by molar-refractivity contribution is 0.162. The van der Waals surface area contributed by atoms with Gasteiger partial charge in [0.15, 0.2) is 0 Å². The Morgan fingerprint density at radius 3 is 2.77 bits per heavy atom. The summed E-state index contributed by atoms with van der Waals surface area (Å²) in [5.74, 6) is 0.527. The minimum absolute atomic E-state index is 0.518. The van der Waals surface area contributed by atoms with Gasteiger partial charge in [0.1, 0.15) is 5.15 Å². The van der Waals surface area contributed by atoms with Crippen molar-refractivity contribution in [2.75, 3.05) is 25.9 Å². The van der Waals surface area contributed by atoms with E-state index in [4.69, 9.17) is 11.6 Å². The molecule has 126 valence electrons. The predicted molar refractivity (Wildman–Crippen MR) is 88.4 cm³/mol. The molecule has 1 aliphatic heterocycles. The topological polar surface area (TPSA) is 67.2 Å². The van der Waals surface area contributed by atoms with Gasteiger partial charge >= 0.3 is 0 Å². The van der Waals surface area contributed by atoms with E-state index >= 15 is 0 Å². The third kappa shape index (κ3) is 4.94. The maximum absolute atomic E-state index is 11.1. The van der Waals surface area contributed by atoms with E-state index in [0.717, 1.165) is 50.2 Å². The van der Waals surface area contributed by atoms with Crippen LogP contribution in [0.2, 0.25) is 5.15 Å². The highest BCUT2D eigenvalue weighted by atomic mass is 35.5. The average molecular weight is 349 g/mol. The van der Waals surface area contributed by atoms with Crippen LogP contribution in [0.4, 0.5) is 0 Å². The standard InChI is InChI=1S/C14H25ClN4O2S/c1-11-13(14(15)18(2)17-11)10-19-8-4-5-12(9-19)6-7-16-22(3,20)21/h12,16H,4-10H2,1-3H3. The third-order valence-electron chi connectivity index (χ3n) is 4.17. The van der Waals surface area contributed by atoms with Crippen molar-refractivity contribution >= 4 is 21.6 Å². The molecular formula is C14H25ClN4O2S. The van der Waals surface area contributed by atoms with E-state index < -0.39 is 10.0 Å². The maximum Gasteiger partial charge on any atom is 0.208 e. The Morgan fingerprint density at radius 1 is 1.45 bits per heavy atom. The molecule has 22 heavy (non-hydrogen) atoms. The Kier molecular flexibility index (Phi) is 5.87. The van der Waals surface area contributed by atoms with Crippen LogP contribution in [-0.4, -0.2) is 49.0 Å². The molecule has 1 N–H and O–H groups in total. The van der Waals surface area contributed by atoms with E-state index in [-0.39, 0.29) is 0 Å². The maximum atomic E-state index is 11.1. The number of piperidine rings is 1. The van der Waals surface area contributed by atoms with Gasteiger partial charge in [0.25, 0.3) is 0 Å². The van der Waals surface area contributed by atoms with Gasteiger partial charge in [0, 0.05) is 32.2 Å². The normalized spacial score (nSPS) is 20.5. The number of aryl methyl sites for hydroxylation is 2. The van der Waals surface area contributed by atoms with Crippen LogP contribution in [0.15, 0.2) is 0 Å². The van der Waals surface area contributed by atoms with Crippen LogP contribution in [0, 0.1) is 12.8 Å². The molecule has 0 bridgehead atoms. The molecule has 1 fully saturated rings. The first-order valence-corrected chi connectivity index (χ1v) is 9.88. The summed E-state index contributed by atoms with van der Waals surface area (Å²) in [4.78, 5) is 2.39. The fourth-order valence-corrected chi connectivity index (χ4v) is 3.78. The molecule has 0 amide bonds. The summed E-state index contributed by atoms with van der Waals surface area (Å²) in [5.41, 5.74) is 2.08. The van der Waals surface area contributed by atoms with E-state index in [0.29, 0.717) is 17.6 Å². The lowest BCUT2D eigenvalue weighted by Gasteiger charge is -2.32. The van der Waals surface area contributed by atoms with Crippen molar-refractivity contribution in [3.05, 3.63) is 16.4 Å². The van der Waals surface area contributed by atoms with Crippen LogP contribution in [0.1, 0.15) is 30.5 Å². The SMILES string of the molecule is Cc1nn(C)c(Cl)c1CN1CCCC(CCNS(C)(=O)=O)C1. The van der Waals surface area contributed by atoms with Crippen LogP contribution in [0.25, 0.3) is 0 Å². The van der Waals surface area contributed by atoms with Gasteiger partial charge in [-0.3, -0.25) is 9.58 Å². The molecule has 0 spiro atoms. The average Bonchev–Trinajstić information content (AvgIpc) is 2.65. The van der Waals surface area contributed by atoms with Crippen molar-refractivity contribution in [1.82, 2.24) is 19.4 Å². The summed E-state index contributed by atoms with van der Waals surface area (Å²) in [7, 11) is -1.23. The van der Waals surface area contributed by atoms with E-state index in [1.54, 1.807) is 4.68 Å². The molecule has 2 rings (SSSR count). The van der Waals surface area contributed by atoms with E-state index in [2.05, 4.69) is 14.7 Å². The van der Waals surface area contributed by atoms with Crippen molar-refractivity contribution in [2.45, 2.75) is 32.7 Å². The number of nitrogens with zero attached hydrogens (tertiary/aromatic N) is 3. The second-order valence-corrected chi connectivity index (χ2v) is 8.37. The smallest absolute Gasteiger partial charge is 0.208 e. The number of nitrogens with one attached hydrogen (secondary N) is 1. The second kappa shape index (κ2) is 7.29. The molecule has 0 aliphatic carbocycles. The van der Waals surface area contributed by atoms with Crippen molar-refractivity contribution in [3.63, 3.8) is 0 Å². The van der Waals surface area contributed by atoms with Gasteiger partial charge in [-0.05, 0) is 38.6 Å². The highest BCUT2D eigenvalue weighted by Gasteiger charge is 2.22. The van der Waals surface area contributed by atoms with Crippen molar-refractivity contribution < 1.29 is 8.42 Å².